The Morgan fingerprint density at radius 3 is 2.48 bits per heavy atom. The summed E-state index contributed by atoms with van der Waals surface area (Å²) in [5.41, 5.74) is 3.79. The van der Waals surface area contributed by atoms with Crippen LogP contribution in [0.1, 0.15) is 58.3 Å². The van der Waals surface area contributed by atoms with Gasteiger partial charge in [-0.15, -0.1) is 0 Å². The van der Waals surface area contributed by atoms with E-state index in [0.717, 1.165) is 37.7 Å². The Balaban J connectivity index is 1.65. The molecule has 0 bridgehead atoms. The van der Waals surface area contributed by atoms with E-state index in [9.17, 15) is 34.5 Å². The van der Waals surface area contributed by atoms with Crippen LogP contribution in [0, 0.1) is 29.6 Å². The highest BCUT2D eigenvalue weighted by molar-refractivity contribution is 6.25. The van der Waals surface area contributed by atoms with Gasteiger partial charge in [-0.3, -0.25) is 19.2 Å². The lowest BCUT2D eigenvalue weighted by Crippen LogP contribution is -2.69. The average molecular weight is 460 g/mol. The Labute approximate surface area is 192 Å². The summed E-state index contributed by atoms with van der Waals surface area (Å²) in [4.78, 5) is 51.7. The summed E-state index contributed by atoms with van der Waals surface area (Å²) in [6.07, 6.45) is 6.71. The van der Waals surface area contributed by atoms with Crippen molar-refractivity contribution in [3.8, 4) is 0 Å². The van der Waals surface area contributed by atoms with Crippen LogP contribution in [0.25, 0.3) is 0 Å². The predicted octanol–water partition coefficient (Wildman–Crippen LogP) is 0.761. The Kier molecular flexibility index (Phi) is 6.46. The number of fused-ring (bicyclic) bond motifs is 2. The van der Waals surface area contributed by atoms with Gasteiger partial charge in [0.15, 0.2) is 23.0 Å². The van der Waals surface area contributed by atoms with Crippen molar-refractivity contribution in [2.75, 3.05) is 0 Å². The number of unbranched alkanes of at least 4 members (excludes halogenated alkanes) is 3. The molecule has 0 aromatic carbocycles. The molecule has 2 fully saturated rings. The van der Waals surface area contributed by atoms with Crippen molar-refractivity contribution in [2.45, 2.75) is 76.1 Å². The van der Waals surface area contributed by atoms with Gasteiger partial charge in [0.25, 0.3) is 0 Å². The van der Waals surface area contributed by atoms with Crippen molar-refractivity contribution in [3.63, 3.8) is 0 Å². The van der Waals surface area contributed by atoms with Crippen LogP contribution in [0.2, 0.25) is 0 Å². The topological polar surface area (TPSA) is 155 Å². The SMILES string of the molecule is CCCCCCC1C=CC(O)C2=C1C[C@H]1C[C@H]3CC(O)C(C(N)=O)C(=O)[C@@]3(O)C(=O)C1C2=O. The summed E-state index contributed by atoms with van der Waals surface area (Å²) < 4.78 is 0. The van der Waals surface area contributed by atoms with Crippen molar-refractivity contribution in [1.82, 2.24) is 0 Å². The maximum Gasteiger partial charge on any atom is 0.230 e. The second-order valence-electron chi connectivity index (χ2n) is 10.1. The first-order valence-electron chi connectivity index (χ1n) is 12.0. The number of carbonyl (C=O) groups is 4. The van der Waals surface area contributed by atoms with Gasteiger partial charge in [0.2, 0.25) is 5.91 Å². The van der Waals surface area contributed by atoms with Crippen LogP contribution < -0.4 is 5.73 Å². The molecule has 0 aromatic rings. The van der Waals surface area contributed by atoms with Crippen molar-refractivity contribution < 1.29 is 34.5 Å². The van der Waals surface area contributed by atoms with E-state index in [4.69, 9.17) is 5.73 Å². The van der Waals surface area contributed by atoms with Gasteiger partial charge in [-0.05, 0) is 37.5 Å². The molecule has 8 atom stereocenters. The molecule has 5 N–H and O–H groups in total. The first-order valence-corrected chi connectivity index (χ1v) is 12.0. The number of nitrogens with two attached hydrogens (primary N) is 1. The molecule has 33 heavy (non-hydrogen) atoms. The van der Waals surface area contributed by atoms with Gasteiger partial charge in [0, 0.05) is 11.5 Å². The van der Waals surface area contributed by atoms with E-state index in [0.29, 0.717) is 6.42 Å². The fourth-order valence-corrected chi connectivity index (χ4v) is 6.52. The van der Waals surface area contributed by atoms with Crippen molar-refractivity contribution in [3.05, 3.63) is 23.3 Å². The summed E-state index contributed by atoms with van der Waals surface area (Å²) in [5, 5.41) is 32.2. The molecule has 2 saturated carbocycles. The monoisotopic (exact) mass is 459 g/mol. The number of primary amides is 1. The molecule has 0 saturated heterocycles. The first-order chi connectivity index (χ1) is 15.6. The Morgan fingerprint density at radius 1 is 1.09 bits per heavy atom. The zero-order valence-corrected chi connectivity index (χ0v) is 18.9. The molecule has 0 aliphatic heterocycles. The van der Waals surface area contributed by atoms with Gasteiger partial charge in [0.05, 0.1) is 12.0 Å². The molecular formula is C25H33NO7. The number of rotatable bonds is 6. The molecule has 0 spiro atoms. The molecule has 8 nitrogen and oxygen atoms in total. The highest BCUT2D eigenvalue weighted by atomic mass is 16.3. The standard InChI is InChI=1S/C25H33NO7/c1-2-3-4-5-6-12-7-8-16(27)19-15(12)10-13-9-14-11-17(28)20(24(26)32)23(31)25(14,33)22(30)18(13)21(19)29/h7-8,12-14,16-18,20,27-28,33H,2-6,9-11H2,1H3,(H2,26,32)/t12?,13-,14+,16?,17?,18?,20?,25+/m1/s1. The molecule has 8 heteroatoms. The molecular weight excluding hydrogens is 426 g/mol. The highest BCUT2D eigenvalue weighted by Crippen LogP contribution is 2.52. The third-order valence-electron chi connectivity index (χ3n) is 8.20. The summed E-state index contributed by atoms with van der Waals surface area (Å²) in [5.74, 6) is -7.91. The number of hydrogen-bond donors (Lipinski definition) is 4. The number of aliphatic hydroxyl groups excluding tert-OH is 2. The van der Waals surface area contributed by atoms with Crippen LogP contribution in [0.4, 0.5) is 0 Å². The average Bonchev–Trinajstić information content (AvgIpc) is 2.75. The van der Waals surface area contributed by atoms with Gasteiger partial charge in [-0.1, -0.05) is 50.3 Å². The van der Waals surface area contributed by atoms with Crippen LogP contribution in [-0.2, 0) is 19.2 Å². The third-order valence-corrected chi connectivity index (χ3v) is 8.20. The van der Waals surface area contributed by atoms with E-state index in [1.807, 2.05) is 6.08 Å². The number of Topliss-reactive ketones (excluding diaryl/α,β-unsaturated/α-hetero) is 3. The number of hydrogen-bond acceptors (Lipinski definition) is 7. The van der Waals surface area contributed by atoms with Crippen LogP contribution in [-0.4, -0.2) is 56.4 Å². The molecule has 5 unspecified atom stereocenters. The molecule has 4 aliphatic carbocycles. The lowest BCUT2D eigenvalue weighted by molar-refractivity contribution is -0.183. The number of carbonyl (C=O) groups excluding carboxylic acids is 4. The summed E-state index contributed by atoms with van der Waals surface area (Å²) >= 11 is 0. The fraction of sp³-hybridized carbons (Fsp3) is 0.680. The molecule has 180 valence electrons. The fourth-order valence-electron chi connectivity index (χ4n) is 6.52. The molecule has 0 radical (unpaired) electrons. The largest absolute Gasteiger partial charge is 0.392 e. The van der Waals surface area contributed by atoms with Gasteiger partial charge in [-0.2, -0.15) is 0 Å². The second-order valence-corrected chi connectivity index (χ2v) is 10.1. The third kappa shape index (κ3) is 3.72. The van der Waals surface area contributed by atoms with E-state index in [-0.39, 0.29) is 24.3 Å². The predicted molar refractivity (Wildman–Crippen MR) is 117 cm³/mol. The van der Waals surface area contributed by atoms with E-state index >= 15 is 0 Å². The minimum Gasteiger partial charge on any atom is -0.392 e. The zero-order valence-electron chi connectivity index (χ0n) is 18.9. The molecule has 0 heterocycles. The number of allylic oxidation sites excluding steroid dienone is 2. The zero-order chi connectivity index (χ0) is 24.1. The Hall–Kier alpha value is -2.16. The van der Waals surface area contributed by atoms with Crippen molar-refractivity contribution in [1.29, 1.82) is 0 Å². The number of amides is 1. The van der Waals surface area contributed by atoms with Gasteiger partial charge in [-0.25, -0.2) is 0 Å². The van der Waals surface area contributed by atoms with E-state index in [1.54, 1.807) is 6.08 Å². The van der Waals surface area contributed by atoms with E-state index in [2.05, 4.69) is 6.92 Å². The smallest absolute Gasteiger partial charge is 0.230 e. The Morgan fingerprint density at radius 2 is 1.82 bits per heavy atom. The first kappa shape index (κ1) is 24.0. The van der Waals surface area contributed by atoms with Crippen molar-refractivity contribution >= 4 is 23.3 Å². The molecule has 0 aromatic heterocycles. The highest BCUT2D eigenvalue weighted by Gasteiger charge is 2.66. The minimum atomic E-state index is -2.52. The molecule has 4 aliphatic rings. The lowest BCUT2D eigenvalue weighted by atomic mass is 9.52. The van der Waals surface area contributed by atoms with Gasteiger partial charge >= 0.3 is 0 Å². The van der Waals surface area contributed by atoms with Crippen LogP contribution in [0.15, 0.2) is 23.3 Å². The lowest BCUT2D eigenvalue weighted by Gasteiger charge is -2.51. The van der Waals surface area contributed by atoms with Crippen LogP contribution in [0.3, 0.4) is 0 Å². The maximum absolute atomic E-state index is 13.5. The quantitative estimate of drug-likeness (QED) is 0.260. The Bertz CT molecular complexity index is 937. The van der Waals surface area contributed by atoms with E-state index in [1.165, 1.54) is 0 Å². The summed E-state index contributed by atoms with van der Waals surface area (Å²) in [7, 11) is 0. The van der Waals surface area contributed by atoms with E-state index < -0.39 is 64.7 Å². The van der Waals surface area contributed by atoms with Gasteiger partial charge in [0.1, 0.15) is 12.0 Å². The van der Waals surface area contributed by atoms with Crippen LogP contribution in [0.5, 0.6) is 0 Å². The molecule has 4 rings (SSSR count). The summed E-state index contributed by atoms with van der Waals surface area (Å²) in [6.45, 7) is 2.14. The summed E-state index contributed by atoms with van der Waals surface area (Å²) in [6, 6.07) is 0. The normalized spacial score (nSPS) is 40.4. The molecule has 1 amide bonds. The number of ketones is 3. The second kappa shape index (κ2) is 8.89. The van der Waals surface area contributed by atoms with Crippen LogP contribution >= 0.6 is 0 Å². The van der Waals surface area contributed by atoms with Crippen molar-refractivity contribution in [2.24, 2.45) is 35.3 Å². The maximum atomic E-state index is 13.5. The van der Waals surface area contributed by atoms with Gasteiger partial charge < -0.3 is 21.1 Å². The number of aliphatic hydroxyl groups is 3. The minimum absolute atomic E-state index is 0.0129.